The summed E-state index contributed by atoms with van der Waals surface area (Å²) in [4.78, 5) is 0.657. The number of rotatable bonds is 12. The van der Waals surface area contributed by atoms with E-state index >= 15 is 0 Å². The fourth-order valence-corrected chi connectivity index (χ4v) is 2.84. The van der Waals surface area contributed by atoms with E-state index in [2.05, 4.69) is 19.0 Å². The fraction of sp³-hybridized carbons (Fsp3) is 0.545. The Morgan fingerprint density at radius 1 is 1.00 bits per heavy atom. The molecule has 2 rings (SSSR count). The van der Waals surface area contributed by atoms with Gasteiger partial charge in [-0.15, -0.1) is 0 Å². The Hall–Kier alpha value is -1.98. The van der Waals surface area contributed by atoms with Crippen LogP contribution in [-0.4, -0.2) is 23.9 Å². The minimum Gasteiger partial charge on any atom is -0.594 e. The average molecular weight is 373 g/mol. The third kappa shape index (κ3) is 7.27. The van der Waals surface area contributed by atoms with Crippen LogP contribution in [0.15, 0.2) is 59.4 Å². The molecule has 0 unspecified atom stereocenters. The molecule has 0 saturated carbocycles. The van der Waals surface area contributed by atoms with Gasteiger partial charge in [0, 0.05) is 17.6 Å². The van der Waals surface area contributed by atoms with Crippen LogP contribution < -0.4 is 0 Å². The minimum absolute atomic E-state index is 0.504. The molecule has 5 nitrogen and oxygen atoms in total. The summed E-state index contributed by atoms with van der Waals surface area (Å²) >= 11 is 0. The lowest BCUT2D eigenvalue weighted by Gasteiger charge is -2.31. The van der Waals surface area contributed by atoms with Crippen molar-refractivity contribution in [1.29, 1.82) is 0 Å². The number of ether oxygens (including phenoxy) is 2. The van der Waals surface area contributed by atoms with Crippen molar-refractivity contribution in [3.05, 3.63) is 59.5 Å². The van der Waals surface area contributed by atoms with Crippen molar-refractivity contribution < 1.29 is 14.3 Å². The quantitative estimate of drug-likeness (QED) is 0.144. The summed E-state index contributed by atoms with van der Waals surface area (Å²) < 4.78 is 12.2. The molecule has 0 spiro atoms. The van der Waals surface area contributed by atoms with E-state index in [1.807, 2.05) is 30.4 Å². The van der Waals surface area contributed by atoms with Crippen LogP contribution in [-0.2, 0) is 9.47 Å². The number of azo groups is 1. The SMILES string of the molecule is CCCCCOC1(OCCCCC)C=CC([N+]([O-])=Nc2ccccc2)=CC1. The molecule has 0 saturated heterocycles. The second kappa shape index (κ2) is 11.7. The molecular formula is C22H32N2O3. The summed E-state index contributed by atoms with van der Waals surface area (Å²) in [6, 6.07) is 9.22. The van der Waals surface area contributed by atoms with Crippen LogP contribution in [0.4, 0.5) is 5.69 Å². The maximum atomic E-state index is 12.3. The summed E-state index contributed by atoms with van der Waals surface area (Å²) in [5.74, 6) is -0.765. The number of allylic oxidation sites excluding steroid dienone is 1. The van der Waals surface area contributed by atoms with Crippen molar-refractivity contribution in [2.75, 3.05) is 13.2 Å². The summed E-state index contributed by atoms with van der Waals surface area (Å²) in [6.07, 6.45) is 12.6. The largest absolute Gasteiger partial charge is 0.594 e. The Morgan fingerprint density at radius 2 is 1.63 bits per heavy atom. The molecule has 27 heavy (non-hydrogen) atoms. The molecule has 1 aromatic rings. The van der Waals surface area contributed by atoms with E-state index in [1.54, 1.807) is 18.2 Å². The molecule has 0 atom stereocenters. The van der Waals surface area contributed by atoms with Crippen molar-refractivity contribution in [3.8, 4) is 0 Å². The molecule has 0 fully saturated rings. The first-order chi connectivity index (χ1) is 13.2. The third-order valence-corrected chi connectivity index (χ3v) is 4.48. The Labute approximate surface area is 163 Å². The van der Waals surface area contributed by atoms with E-state index in [4.69, 9.17) is 9.47 Å². The predicted octanol–water partition coefficient (Wildman–Crippen LogP) is 6.23. The molecule has 1 aliphatic rings. The van der Waals surface area contributed by atoms with Crippen LogP contribution in [0.1, 0.15) is 58.8 Å². The second-order valence-corrected chi connectivity index (χ2v) is 6.80. The zero-order chi connectivity index (χ0) is 19.4. The molecule has 0 bridgehead atoms. The second-order valence-electron chi connectivity index (χ2n) is 6.80. The molecule has 0 aliphatic heterocycles. The molecular weight excluding hydrogens is 340 g/mol. The lowest BCUT2D eigenvalue weighted by Crippen LogP contribution is -2.36. The van der Waals surface area contributed by atoms with Crippen LogP contribution in [0.5, 0.6) is 0 Å². The molecule has 1 aromatic carbocycles. The van der Waals surface area contributed by atoms with E-state index in [0.29, 0.717) is 35.9 Å². The Bertz CT molecular complexity index is 626. The van der Waals surface area contributed by atoms with Crippen LogP contribution in [0, 0.1) is 5.21 Å². The first-order valence-electron chi connectivity index (χ1n) is 10.1. The van der Waals surface area contributed by atoms with Crippen molar-refractivity contribution in [1.82, 2.24) is 0 Å². The Kier molecular flexibility index (Phi) is 9.22. The number of hydroxylamine groups is 1. The van der Waals surface area contributed by atoms with Crippen molar-refractivity contribution in [2.24, 2.45) is 5.11 Å². The Morgan fingerprint density at radius 3 is 2.15 bits per heavy atom. The van der Waals surface area contributed by atoms with Gasteiger partial charge in [-0.1, -0.05) is 62.6 Å². The van der Waals surface area contributed by atoms with Gasteiger partial charge in [-0.3, -0.25) is 0 Å². The zero-order valence-corrected chi connectivity index (χ0v) is 16.6. The average Bonchev–Trinajstić information content (AvgIpc) is 2.70. The molecule has 0 aromatic heterocycles. The first-order valence-corrected chi connectivity index (χ1v) is 10.1. The number of benzene rings is 1. The molecule has 148 valence electrons. The number of hydrogen-bond acceptors (Lipinski definition) is 4. The topological polar surface area (TPSA) is 56.9 Å². The van der Waals surface area contributed by atoms with Gasteiger partial charge in [0.2, 0.25) is 5.70 Å². The van der Waals surface area contributed by atoms with E-state index in [1.165, 1.54) is 0 Å². The molecule has 0 N–H and O–H groups in total. The fourth-order valence-electron chi connectivity index (χ4n) is 2.84. The zero-order valence-electron chi connectivity index (χ0n) is 16.6. The molecule has 0 amide bonds. The lowest BCUT2D eigenvalue weighted by molar-refractivity contribution is -0.468. The van der Waals surface area contributed by atoms with Gasteiger partial charge in [0.15, 0.2) is 5.79 Å². The summed E-state index contributed by atoms with van der Waals surface area (Å²) in [5.41, 5.74) is 1.13. The maximum absolute atomic E-state index is 12.3. The van der Waals surface area contributed by atoms with Crippen LogP contribution in [0.3, 0.4) is 0 Å². The third-order valence-electron chi connectivity index (χ3n) is 4.48. The summed E-state index contributed by atoms with van der Waals surface area (Å²) in [7, 11) is 0. The van der Waals surface area contributed by atoms with Crippen molar-refractivity contribution >= 4 is 5.69 Å². The highest BCUT2D eigenvalue weighted by molar-refractivity contribution is 5.34. The minimum atomic E-state index is -0.765. The highest BCUT2D eigenvalue weighted by Crippen LogP contribution is 2.28. The number of nitrogens with zero attached hydrogens (tertiary/aromatic N) is 2. The van der Waals surface area contributed by atoms with Gasteiger partial charge in [-0.05, 0) is 37.1 Å². The van der Waals surface area contributed by atoms with Gasteiger partial charge in [0.25, 0.3) is 0 Å². The Balaban J connectivity index is 2.00. The van der Waals surface area contributed by atoms with Gasteiger partial charge in [0.1, 0.15) is 5.69 Å². The van der Waals surface area contributed by atoms with E-state index in [0.717, 1.165) is 38.5 Å². The highest BCUT2D eigenvalue weighted by Gasteiger charge is 2.32. The van der Waals surface area contributed by atoms with Gasteiger partial charge in [-0.2, -0.15) is 0 Å². The summed E-state index contributed by atoms with van der Waals surface area (Å²) in [5, 5.41) is 16.4. The molecule has 1 aliphatic carbocycles. The van der Waals surface area contributed by atoms with Gasteiger partial charge in [0.05, 0.1) is 13.2 Å². The predicted molar refractivity (Wildman–Crippen MR) is 108 cm³/mol. The van der Waals surface area contributed by atoms with Gasteiger partial charge in [-0.25, -0.2) is 0 Å². The van der Waals surface area contributed by atoms with E-state index in [9.17, 15) is 5.21 Å². The van der Waals surface area contributed by atoms with Gasteiger partial charge >= 0.3 is 0 Å². The summed E-state index contributed by atoms with van der Waals surface area (Å²) in [6.45, 7) is 5.66. The maximum Gasteiger partial charge on any atom is 0.241 e. The molecule has 5 heteroatoms. The number of hydrogen-bond donors (Lipinski definition) is 0. The first kappa shape index (κ1) is 21.3. The normalized spacial score (nSPS) is 16.4. The number of unbranched alkanes of at least 4 members (excludes halogenated alkanes) is 4. The van der Waals surface area contributed by atoms with Crippen LogP contribution in [0.2, 0.25) is 0 Å². The van der Waals surface area contributed by atoms with Crippen LogP contribution in [0.25, 0.3) is 0 Å². The molecule has 0 heterocycles. The van der Waals surface area contributed by atoms with Gasteiger partial charge < -0.3 is 14.7 Å². The standard InChI is InChI=1S/C22H32N2O3/c1-3-5-10-18-26-22(27-19-11-6-4-2)16-14-21(15-17-22)24(25)23-20-12-8-7-9-13-20/h7-9,12-16H,3-6,10-11,17-19H2,1-2H3. The van der Waals surface area contributed by atoms with Crippen LogP contribution >= 0.6 is 0 Å². The lowest BCUT2D eigenvalue weighted by atomic mass is 10.1. The monoisotopic (exact) mass is 372 g/mol. The smallest absolute Gasteiger partial charge is 0.241 e. The van der Waals surface area contributed by atoms with Crippen molar-refractivity contribution in [3.63, 3.8) is 0 Å². The van der Waals surface area contributed by atoms with E-state index in [-0.39, 0.29) is 0 Å². The molecule has 0 radical (unpaired) electrons. The van der Waals surface area contributed by atoms with Crippen molar-refractivity contribution in [2.45, 2.75) is 64.6 Å². The highest BCUT2D eigenvalue weighted by atomic mass is 16.7. The van der Waals surface area contributed by atoms with E-state index < -0.39 is 5.79 Å².